The second-order valence-corrected chi connectivity index (χ2v) is 7.35. The van der Waals surface area contributed by atoms with E-state index < -0.39 is 6.10 Å². The maximum Gasteiger partial charge on any atom is 0.241 e. The molecule has 5 rings (SSSR count). The van der Waals surface area contributed by atoms with Crippen LogP contribution in [0.4, 0.5) is 0 Å². The molecule has 0 aliphatic carbocycles. The molecule has 0 amide bonds. The summed E-state index contributed by atoms with van der Waals surface area (Å²) in [6.07, 6.45) is 4.97. The molecule has 30 heavy (non-hydrogen) atoms. The van der Waals surface area contributed by atoms with E-state index in [1.54, 1.807) is 18.6 Å². The molecule has 152 valence electrons. The summed E-state index contributed by atoms with van der Waals surface area (Å²) < 4.78 is 11.4. The van der Waals surface area contributed by atoms with Crippen molar-refractivity contribution in [3.05, 3.63) is 66.9 Å². The second kappa shape index (κ2) is 8.17. The fourth-order valence-electron chi connectivity index (χ4n) is 3.68. The minimum Gasteiger partial charge on any atom is -0.488 e. The van der Waals surface area contributed by atoms with E-state index in [1.807, 2.05) is 42.5 Å². The highest BCUT2D eigenvalue weighted by Gasteiger charge is 2.30. The van der Waals surface area contributed by atoms with Crippen molar-refractivity contribution in [2.24, 2.45) is 0 Å². The zero-order valence-electron chi connectivity index (χ0n) is 16.3. The summed E-state index contributed by atoms with van der Waals surface area (Å²) in [7, 11) is 0. The third-order valence-corrected chi connectivity index (χ3v) is 5.23. The van der Waals surface area contributed by atoms with Crippen LogP contribution in [0, 0.1) is 0 Å². The van der Waals surface area contributed by atoms with Crippen LogP contribution in [0.3, 0.4) is 0 Å². The Balaban J connectivity index is 1.20. The van der Waals surface area contributed by atoms with Crippen LogP contribution in [0.15, 0.2) is 65.6 Å². The monoisotopic (exact) mass is 403 g/mol. The third-order valence-electron chi connectivity index (χ3n) is 5.23. The highest BCUT2D eigenvalue weighted by Crippen LogP contribution is 2.24. The minimum absolute atomic E-state index is 0.266. The van der Waals surface area contributed by atoms with Crippen molar-refractivity contribution in [1.29, 1.82) is 0 Å². The van der Waals surface area contributed by atoms with Gasteiger partial charge >= 0.3 is 0 Å². The summed E-state index contributed by atoms with van der Waals surface area (Å²) in [6, 6.07) is 13.4. The number of aromatic nitrogens is 4. The fourth-order valence-corrected chi connectivity index (χ4v) is 3.68. The van der Waals surface area contributed by atoms with Gasteiger partial charge in [-0.15, -0.1) is 0 Å². The van der Waals surface area contributed by atoms with Crippen LogP contribution in [0.5, 0.6) is 5.75 Å². The summed E-state index contributed by atoms with van der Waals surface area (Å²) in [5, 5.41) is 15.7. The molecule has 1 saturated heterocycles. The lowest BCUT2D eigenvalue weighted by Crippen LogP contribution is -2.48. The van der Waals surface area contributed by atoms with Crippen LogP contribution in [-0.2, 0) is 6.54 Å². The van der Waals surface area contributed by atoms with Crippen LogP contribution in [-0.4, -0.2) is 55.4 Å². The van der Waals surface area contributed by atoms with Crippen LogP contribution >= 0.6 is 0 Å². The van der Waals surface area contributed by atoms with Crippen molar-refractivity contribution in [3.63, 3.8) is 0 Å². The third kappa shape index (κ3) is 4.00. The van der Waals surface area contributed by atoms with Gasteiger partial charge in [-0.05, 0) is 36.8 Å². The predicted molar refractivity (Wildman–Crippen MR) is 110 cm³/mol. The number of likely N-dealkylation sites (tertiary alicyclic amines) is 1. The lowest BCUT2D eigenvalue weighted by molar-refractivity contribution is -0.0296. The normalized spacial score (nSPS) is 19.8. The van der Waals surface area contributed by atoms with E-state index in [0.29, 0.717) is 31.2 Å². The minimum atomic E-state index is -0.610. The van der Waals surface area contributed by atoms with Crippen molar-refractivity contribution in [3.8, 4) is 17.1 Å². The summed E-state index contributed by atoms with van der Waals surface area (Å²) in [5.74, 6) is 1.78. The van der Waals surface area contributed by atoms with Gasteiger partial charge in [-0.1, -0.05) is 11.2 Å². The van der Waals surface area contributed by atoms with Gasteiger partial charge < -0.3 is 14.4 Å². The number of piperidine rings is 1. The maximum atomic E-state index is 10.6. The number of nitrogens with zero attached hydrogens (tertiary/aromatic N) is 5. The van der Waals surface area contributed by atoms with Gasteiger partial charge in [-0.3, -0.25) is 14.9 Å². The number of hydrogen-bond donors (Lipinski definition) is 1. The van der Waals surface area contributed by atoms with E-state index in [2.05, 4.69) is 25.0 Å². The Bertz CT molecular complexity index is 1130. The van der Waals surface area contributed by atoms with E-state index in [9.17, 15) is 5.11 Å². The molecule has 0 unspecified atom stereocenters. The molecule has 1 fully saturated rings. The number of aliphatic hydroxyl groups is 1. The van der Waals surface area contributed by atoms with Crippen molar-refractivity contribution in [2.45, 2.75) is 25.2 Å². The van der Waals surface area contributed by atoms with E-state index >= 15 is 0 Å². The Hall–Kier alpha value is -3.36. The maximum absolute atomic E-state index is 10.6. The Morgan fingerprint density at radius 1 is 1.13 bits per heavy atom. The summed E-state index contributed by atoms with van der Waals surface area (Å²) in [5.41, 5.74) is 1.74. The molecule has 0 spiro atoms. The van der Waals surface area contributed by atoms with E-state index in [-0.39, 0.29) is 6.10 Å². The molecule has 1 N–H and O–H groups in total. The van der Waals surface area contributed by atoms with E-state index in [1.165, 1.54) is 0 Å². The highest BCUT2D eigenvalue weighted by molar-refractivity contribution is 5.79. The molecule has 1 aromatic carbocycles. The molecule has 0 radical (unpaired) electrons. The molecule has 1 aliphatic rings. The number of benzene rings is 1. The van der Waals surface area contributed by atoms with Crippen LogP contribution < -0.4 is 4.74 Å². The van der Waals surface area contributed by atoms with Crippen LogP contribution in [0.1, 0.15) is 12.3 Å². The smallest absolute Gasteiger partial charge is 0.241 e. The predicted octanol–water partition coefficient (Wildman–Crippen LogP) is 2.69. The number of fused-ring (bicyclic) bond motifs is 1. The van der Waals surface area contributed by atoms with Gasteiger partial charge in [-0.2, -0.15) is 4.98 Å². The zero-order chi connectivity index (χ0) is 20.3. The molecule has 1 aliphatic heterocycles. The Kier molecular flexibility index (Phi) is 5.08. The lowest BCUT2D eigenvalue weighted by atomic mass is 10.0. The van der Waals surface area contributed by atoms with Gasteiger partial charge in [0, 0.05) is 48.7 Å². The zero-order valence-corrected chi connectivity index (χ0v) is 16.3. The van der Waals surface area contributed by atoms with Gasteiger partial charge in [-0.25, -0.2) is 0 Å². The van der Waals surface area contributed by atoms with Gasteiger partial charge in [0.05, 0.1) is 12.1 Å². The van der Waals surface area contributed by atoms with Crippen LogP contribution in [0.2, 0.25) is 0 Å². The number of hydrogen-bond acceptors (Lipinski definition) is 8. The average Bonchev–Trinajstić information content (AvgIpc) is 3.25. The Morgan fingerprint density at radius 3 is 2.90 bits per heavy atom. The molecular weight excluding hydrogens is 382 g/mol. The number of aliphatic hydroxyl groups excluding tert-OH is 1. The topological polar surface area (TPSA) is 97.4 Å². The lowest BCUT2D eigenvalue weighted by Gasteiger charge is -2.35. The van der Waals surface area contributed by atoms with Gasteiger partial charge in [0.15, 0.2) is 0 Å². The van der Waals surface area contributed by atoms with Crippen LogP contribution in [0.25, 0.3) is 22.3 Å². The van der Waals surface area contributed by atoms with E-state index in [4.69, 9.17) is 9.26 Å². The quantitative estimate of drug-likeness (QED) is 0.543. The molecule has 0 saturated carbocycles. The van der Waals surface area contributed by atoms with Crippen molar-refractivity contribution >= 4 is 10.9 Å². The Morgan fingerprint density at radius 2 is 2.03 bits per heavy atom. The largest absolute Gasteiger partial charge is 0.488 e. The highest BCUT2D eigenvalue weighted by atomic mass is 16.5. The molecule has 8 heteroatoms. The average molecular weight is 403 g/mol. The van der Waals surface area contributed by atoms with Crippen molar-refractivity contribution in [1.82, 2.24) is 25.0 Å². The van der Waals surface area contributed by atoms with Crippen molar-refractivity contribution < 1.29 is 14.4 Å². The molecule has 4 heterocycles. The molecule has 4 aromatic rings. The first-order valence-electron chi connectivity index (χ1n) is 9.89. The molecule has 0 bridgehead atoms. The second-order valence-electron chi connectivity index (χ2n) is 7.35. The van der Waals surface area contributed by atoms with E-state index in [0.717, 1.165) is 28.8 Å². The number of β-amino-alcohol motifs (C(OH)–C–C–N with tert-alkyl or cyclic N) is 1. The summed E-state index contributed by atoms with van der Waals surface area (Å²) >= 11 is 0. The summed E-state index contributed by atoms with van der Waals surface area (Å²) in [4.78, 5) is 14.9. The van der Waals surface area contributed by atoms with Gasteiger partial charge in [0.2, 0.25) is 11.7 Å². The van der Waals surface area contributed by atoms with Gasteiger partial charge in [0.25, 0.3) is 0 Å². The molecule has 2 atom stereocenters. The number of rotatable bonds is 5. The Labute approximate surface area is 173 Å². The SMILES string of the molecule is O[C@@H]1CN(Cc2nc(-c3ccncc3)no2)CC[C@H]1Oc1ccc2cccnc2c1. The first-order valence-corrected chi connectivity index (χ1v) is 9.89. The molecular formula is C22H21N5O3. The molecule has 3 aromatic heterocycles. The number of pyridine rings is 2. The first kappa shape index (κ1) is 18.7. The first-order chi connectivity index (χ1) is 14.7. The summed E-state index contributed by atoms with van der Waals surface area (Å²) in [6.45, 7) is 1.73. The molecule has 8 nitrogen and oxygen atoms in total. The van der Waals surface area contributed by atoms with Crippen molar-refractivity contribution in [2.75, 3.05) is 13.1 Å². The standard InChI is InChI=1S/C22H21N5O3/c28-19-13-27(14-21-25-22(26-30-21)16-5-9-23-10-6-16)11-7-20(19)29-17-4-3-15-2-1-8-24-18(15)12-17/h1-6,8-10,12,19-20,28H,7,11,13-14H2/t19-,20-/m1/s1. The van der Waals surface area contributed by atoms with Gasteiger partial charge in [0.1, 0.15) is 18.0 Å². The number of ether oxygens (including phenoxy) is 1. The fraction of sp³-hybridized carbons (Fsp3) is 0.273.